The molecular weight excluding hydrogens is 318 g/mol. The van der Waals surface area contributed by atoms with E-state index in [2.05, 4.69) is 10.0 Å². The summed E-state index contributed by atoms with van der Waals surface area (Å²) >= 11 is 5.87. The number of piperidine rings is 1. The first-order valence-electron chi connectivity index (χ1n) is 6.49. The van der Waals surface area contributed by atoms with Crippen LogP contribution in [0.2, 0.25) is 5.02 Å². The molecule has 0 radical (unpaired) electrons. The third-order valence-corrected chi connectivity index (χ3v) is 5.55. The summed E-state index contributed by atoms with van der Waals surface area (Å²) in [5.74, 6) is 0.141. The monoisotopic (exact) mass is 333 g/mol. The zero-order valence-electron chi connectivity index (χ0n) is 11.4. The van der Waals surface area contributed by atoms with Crippen LogP contribution in [0.3, 0.4) is 0 Å². The minimum Gasteiger partial charge on any atom is -0.315 e. The minimum atomic E-state index is -4.06. The summed E-state index contributed by atoms with van der Waals surface area (Å²) in [5.41, 5.74) is -0.522. The van der Waals surface area contributed by atoms with Crippen molar-refractivity contribution in [3.05, 3.63) is 33.3 Å². The molecule has 2 rings (SSSR count). The Morgan fingerprint density at radius 1 is 1.48 bits per heavy atom. The van der Waals surface area contributed by atoms with E-state index in [4.69, 9.17) is 11.6 Å². The van der Waals surface area contributed by atoms with Crippen molar-refractivity contribution in [2.75, 3.05) is 13.1 Å². The quantitative estimate of drug-likeness (QED) is 0.642. The van der Waals surface area contributed by atoms with Gasteiger partial charge in [0.15, 0.2) is 4.90 Å². The van der Waals surface area contributed by atoms with E-state index in [0.717, 1.165) is 19.0 Å². The molecule has 1 heterocycles. The maximum absolute atomic E-state index is 12.5. The van der Waals surface area contributed by atoms with Gasteiger partial charge in [-0.3, -0.25) is 10.1 Å². The summed E-state index contributed by atoms with van der Waals surface area (Å²) in [6.45, 7) is 3.25. The van der Waals surface area contributed by atoms with Gasteiger partial charge in [-0.15, -0.1) is 0 Å². The Hall–Kier alpha value is -1.22. The summed E-state index contributed by atoms with van der Waals surface area (Å²) in [5, 5.41) is 14.0. The standard InChI is InChI=1S/C12H16ClN3O4S/c1-8-5-6-14-7-10(8)15-21(19,20)12-9(13)3-2-4-11(12)16(17)18/h2-4,8,10,14-15H,5-7H2,1H3. The molecule has 21 heavy (non-hydrogen) atoms. The molecule has 2 atom stereocenters. The van der Waals surface area contributed by atoms with Crippen LogP contribution in [0, 0.1) is 16.0 Å². The summed E-state index contributed by atoms with van der Waals surface area (Å²) in [6, 6.07) is 3.48. The van der Waals surface area contributed by atoms with Crippen molar-refractivity contribution in [1.29, 1.82) is 0 Å². The maximum atomic E-state index is 12.5. The lowest BCUT2D eigenvalue weighted by atomic mass is 9.96. The number of nitrogens with zero attached hydrogens (tertiary/aromatic N) is 1. The molecule has 1 aliphatic heterocycles. The van der Waals surface area contributed by atoms with Crippen molar-refractivity contribution >= 4 is 27.3 Å². The first kappa shape index (κ1) is 16.2. The van der Waals surface area contributed by atoms with E-state index in [1.165, 1.54) is 12.1 Å². The zero-order valence-corrected chi connectivity index (χ0v) is 12.9. The Balaban J connectivity index is 2.38. The van der Waals surface area contributed by atoms with Crippen molar-refractivity contribution in [1.82, 2.24) is 10.0 Å². The first-order valence-corrected chi connectivity index (χ1v) is 8.35. The van der Waals surface area contributed by atoms with Gasteiger partial charge in [0.2, 0.25) is 10.0 Å². The Labute approximate surface area is 127 Å². The lowest BCUT2D eigenvalue weighted by Gasteiger charge is -2.29. The summed E-state index contributed by atoms with van der Waals surface area (Å²) in [4.78, 5) is 9.80. The molecule has 1 aromatic rings. The highest BCUT2D eigenvalue weighted by molar-refractivity contribution is 7.89. The average molecular weight is 334 g/mol. The van der Waals surface area contributed by atoms with Crippen molar-refractivity contribution < 1.29 is 13.3 Å². The van der Waals surface area contributed by atoms with Crippen LogP contribution in [-0.4, -0.2) is 32.5 Å². The summed E-state index contributed by atoms with van der Waals surface area (Å²) < 4.78 is 27.4. The Bertz CT molecular complexity index is 650. The third kappa shape index (κ3) is 3.52. The Kier molecular flexibility index (Phi) is 4.82. The zero-order chi connectivity index (χ0) is 15.6. The molecule has 9 heteroatoms. The lowest BCUT2D eigenvalue weighted by Crippen LogP contribution is -2.50. The molecular formula is C12H16ClN3O4S. The second kappa shape index (κ2) is 6.27. The van der Waals surface area contributed by atoms with Crippen molar-refractivity contribution in [3.8, 4) is 0 Å². The smallest absolute Gasteiger partial charge is 0.290 e. The van der Waals surface area contributed by atoms with Crippen molar-refractivity contribution in [2.24, 2.45) is 5.92 Å². The van der Waals surface area contributed by atoms with Gasteiger partial charge in [0.25, 0.3) is 5.69 Å². The van der Waals surface area contributed by atoms with Crippen LogP contribution in [0.5, 0.6) is 0 Å². The Morgan fingerprint density at radius 2 is 2.19 bits per heavy atom. The third-order valence-electron chi connectivity index (χ3n) is 3.55. The number of nitrogens with one attached hydrogen (secondary N) is 2. The van der Waals surface area contributed by atoms with Gasteiger partial charge in [0.1, 0.15) is 0 Å². The van der Waals surface area contributed by atoms with Crippen molar-refractivity contribution in [3.63, 3.8) is 0 Å². The normalized spacial score (nSPS) is 23.0. The molecule has 1 fully saturated rings. The molecule has 7 nitrogen and oxygen atoms in total. The molecule has 2 unspecified atom stereocenters. The van der Waals surface area contributed by atoms with Gasteiger partial charge in [0.05, 0.1) is 9.95 Å². The highest BCUT2D eigenvalue weighted by atomic mass is 35.5. The molecule has 0 spiro atoms. The summed E-state index contributed by atoms with van der Waals surface area (Å²) in [7, 11) is -4.06. The minimum absolute atomic E-state index is 0.141. The number of hydrogen-bond acceptors (Lipinski definition) is 5. The number of nitro groups is 1. The topological polar surface area (TPSA) is 101 Å². The number of sulfonamides is 1. The number of benzene rings is 1. The van der Waals surface area contributed by atoms with Crippen LogP contribution in [-0.2, 0) is 10.0 Å². The average Bonchev–Trinajstić information content (AvgIpc) is 2.40. The highest BCUT2D eigenvalue weighted by Crippen LogP contribution is 2.31. The number of hydrogen-bond donors (Lipinski definition) is 2. The van der Waals surface area contributed by atoms with Crippen LogP contribution in [0.1, 0.15) is 13.3 Å². The number of nitro benzene ring substituents is 1. The van der Waals surface area contributed by atoms with Gasteiger partial charge in [-0.2, -0.15) is 0 Å². The fourth-order valence-electron chi connectivity index (χ4n) is 2.31. The van der Waals surface area contributed by atoms with E-state index in [0.29, 0.717) is 6.54 Å². The molecule has 0 saturated carbocycles. The molecule has 1 saturated heterocycles. The molecule has 1 aliphatic rings. The molecule has 1 aromatic carbocycles. The van der Waals surface area contributed by atoms with Crippen LogP contribution in [0.4, 0.5) is 5.69 Å². The van der Waals surface area contributed by atoms with E-state index in [1.54, 1.807) is 0 Å². The molecule has 116 valence electrons. The van der Waals surface area contributed by atoms with E-state index in [-0.39, 0.29) is 17.0 Å². The van der Waals surface area contributed by atoms with Gasteiger partial charge < -0.3 is 5.32 Å². The predicted octanol–water partition coefficient (Wildman–Crippen LogP) is 1.52. The molecule has 0 aromatic heterocycles. The maximum Gasteiger partial charge on any atom is 0.290 e. The van der Waals surface area contributed by atoms with Crippen LogP contribution >= 0.6 is 11.6 Å². The van der Waals surface area contributed by atoms with Gasteiger partial charge in [0, 0.05) is 18.7 Å². The van der Waals surface area contributed by atoms with E-state index in [9.17, 15) is 18.5 Å². The van der Waals surface area contributed by atoms with E-state index >= 15 is 0 Å². The molecule has 2 N–H and O–H groups in total. The SMILES string of the molecule is CC1CCNCC1NS(=O)(=O)c1c(Cl)cccc1[N+](=O)[O-]. The lowest BCUT2D eigenvalue weighted by molar-refractivity contribution is -0.387. The van der Waals surface area contributed by atoms with E-state index in [1.807, 2.05) is 6.92 Å². The van der Waals surface area contributed by atoms with Crippen LogP contribution in [0.15, 0.2) is 23.1 Å². The summed E-state index contributed by atoms with van der Waals surface area (Å²) in [6.07, 6.45) is 0.831. The van der Waals surface area contributed by atoms with E-state index < -0.39 is 25.5 Å². The second-order valence-corrected chi connectivity index (χ2v) is 7.10. The fraction of sp³-hybridized carbons (Fsp3) is 0.500. The largest absolute Gasteiger partial charge is 0.315 e. The molecule has 0 amide bonds. The van der Waals surface area contributed by atoms with Gasteiger partial charge >= 0.3 is 0 Å². The first-order chi connectivity index (χ1) is 9.83. The van der Waals surface area contributed by atoms with Crippen LogP contribution in [0.25, 0.3) is 0 Å². The number of halogens is 1. The van der Waals surface area contributed by atoms with Crippen LogP contribution < -0.4 is 10.0 Å². The van der Waals surface area contributed by atoms with Gasteiger partial charge in [-0.05, 0) is 24.9 Å². The predicted molar refractivity (Wildman–Crippen MR) is 78.9 cm³/mol. The molecule has 0 bridgehead atoms. The second-order valence-electron chi connectivity index (χ2n) is 5.04. The van der Waals surface area contributed by atoms with Gasteiger partial charge in [-0.25, -0.2) is 13.1 Å². The fourth-order valence-corrected chi connectivity index (χ4v) is 4.36. The van der Waals surface area contributed by atoms with Crippen molar-refractivity contribution in [2.45, 2.75) is 24.3 Å². The Morgan fingerprint density at radius 3 is 2.81 bits per heavy atom. The van der Waals surface area contributed by atoms with Gasteiger partial charge in [-0.1, -0.05) is 24.6 Å². The highest BCUT2D eigenvalue weighted by Gasteiger charge is 2.33. The number of rotatable bonds is 4. The molecule has 0 aliphatic carbocycles.